The summed E-state index contributed by atoms with van der Waals surface area (Å²) in [5.74, 6) is -0.157. The summed E-state index contributed by atoms with van der Waals surface area (Å²) in [6, 6.07) is 0.394. The topological polar surface area (TPSA) is 48.1 Å². The smallest absolute Gasteiger partial charge is 0.132 e. The van der Waals surface area contributed by atoms with E-state index in [9.17, 15) is 0 Å². The van der Waals surface area contributed by atoms with Gasteiger partial charge in [-0.1, -0.05) is 6.92 Å². The lowest BCUT2D eigenvalue weighted by atomic mass is 10.1. The molecule has 0 aliphatic carbocycles. The van der Waals surface area contributed by atoms with Crippen LogP contribution in [-0.2, 0) is 0 Å². The number of nitrogens with one attached hydrogen (secondary N) is 4. The molecule has 0 aliphatic heterocycles. The predicted octanol–water partition coefficient (Wildman–Crippen LogP) is -2.05. The summed E-state index contributed by atoms with van der Waals surface area (Å²) >= 11 is 0. The van der Waals surface area contributed by atoms with Crippen LogP contribution < -0.4 is 20.9 Å². The Hall–Kier alpha value is 0.0569. The minimum atomic E-state index is -0.157. The molecular formula is C7H22N4Si. The monoisotopic (exact) mass is 190 g/mol. The molecule has 0 spiro atoms. The van der Waals surface area contributed by atoms with E-state index in [1.807, 2.05) is 21.1 Å². The van der Waals surface area contributed by atoms with Crippen LogP contribution in [0.25, 0.3) is 0 Å². The second-order valence-corrected chi connectivity index (χ2v) is 3.31. The lowest BCUT2D eigenvalue weighted by Crippen LogP contribution is -2.73. The second kappa shape index (κ2) is 5.66. The Morgan fingerprint density at radius 2 is 1.75 bits per heavy atom. The molecular weight excluding hydrogens is 168 g/mol. The maximum atomic E-state index is 3.37. The van der Waals surface area contributed by atoms with Gasteiger partial charge >= 0.3 is 0 Å². The zero-order valence-electron chi connectivity index (χ0n) is 8.78. The van der Waals surface area contributed by atoms with Crippen molar-refractivity contribution in [1.29, 1.82) is 0 Å². The normalized spacial score (nSPS) is 15.0. The maximum Gasteiger partial charge on any atom is 0.132 e. The van der Waals surface area contributed by atoms with E-state index in [-0.39, 0.29) is 5.79 Å². The molecule has 5 heteroatoms. The standard InChI is InChI=1S/C7H22N4Si/c1-5-6(8-2)7(9-3,10-4)11-12/h6,8-11H,5H2,1-4,12H3. The van der Waals surface area contributed by atoms with E-state index >= 15 is 0 Å². The van der Waals surface area contributed by atoms with Gasteiger partial charge in [0.15, 0.2) is 0 Å². The first-order valence-corrected chi connectivity index (χ1v) is 5.44. The van der Waals surface area contributed by atoms with Gasteiger partial charge in [-0.05, 0) is 27.6 Å². The molecule has 0 bridgehead atoms. The molecule has 1 unspecified atom stereocenters. The molecule has 0 radical (unpaired) electrons. The van der Waals surface area contributed by atoms with Gasteiger partial charge in [-0.25, -0.2) is 0 Å². The van der Waals surface area contributed by atoms with Crippen LogP contribution in [0.1, 0.15) is 13.3 Å². The van der Waals surface area contributed by atoms with Gasteiger partial charge in [0.25, 0.3) is 0 Å². The average molecular weight is 190 g/mol. The Morgan fingerprint density at radius 3 is 1.83 bits per heavy atom. The highest BCUT2D eigenvalue weighted by Crippen LogP contribution is 2.04. The molecule has 1 atom stereocenters. The van der Waals surface area contributed by atoms with Crippen LogP contribution in [0.3, 0.4) is 0 Å². The quantitative estimate of drug-likeness (QED) is 0.288. The third kappa shape index (κ3) is 2.27. The fourth-order valence-corrected chi connectivity index (χ4v) is 2.47. The van der Waals surface area contributed by atoms with E-state index in [0.717, 1.165) is 16.8 Å². The minimum absolute atomic E-state index is 0.157. The molecule has 0 heterocycles. The lowest BCUT2D eigenvalue weighted by molar-refractivity contribution is 0.194. The third-order valence-electron chi connectivity index (χ3n) is 2.46. The van der Waals surface area contributed by atoms with Crippen LogP contribution in [0, 0.1) is 0 Å². The molecule has 0 saturated carbocycles. The van der Waals surface area contributed by atoms with Crippen LogP contribution in [-0.4, -0.2) is 43.4 Å². The molecule has 0 aromatic heterocycles. The van der Waals surface area contributed by atoms with Crippen molar-refractivity contribution in [1.82, 2.24) is 20.9 Å². The first-order chi connectivity index (χ1) is 5.70. The summed E-state index contributed by atoms with van der Waals surface area (Å²) < 4.78 is 0. The van der Waals surface area contributed by atoms with Crippen molar-refractivity contribution in [2.75, 3.05) is 21.1 Å². The average Bonchev–Trinajstić information content (AvgIpc) is 2.14. The lowest BCUT2D eigenvalue weighted by Gasteiger charge is -2.40. The Kier molecular flexibility index (Phi) is 5.69. The fourth-order valence-electron chi connectivity index (χ4n) is 1.62. The molecule has 0 aromatic carbocycles. The summed E-state index contributed by atoms with van der Waals surface area (Å²) in [5, 5.41) is 9.81. The maximum absolute atomic E-state index is 3.37. The largest absolute Gasteiger partial charge is 0.316 e. The SMILES string of the molecule is CCC(NC)C(NC)(NC)N[SiH3]. The summed E-state index contributed by atoms with van der Waals surface area (Å²) in [6.07, 6.45) is 1.08. The van der Waals surface area contributed by atoms with Crippen molar-refractivity contribution in [2.24, 2.45) is 0 Å². The van der Waals surface area contributed by atoms with Crippen molar-refractivity contribution < 1.29 is 0 Å². The van der Waals surface area contributed by atoms with Crippen molar-refractivity contribution in [3.63, 3.8) is 0 Å². The van der Waals surface area contributed by atoms with Crippen LogP contribution in [0.2, 0.25) is 0 Å². The fraction of sp³-hybridized carbons (Fsp3) is 1.00. The van der Waals surface area contributed by atoms with E-state index in [4.69, 9.17) is 0 Å². The van der Waals surface area contributed by atoms with Gasteiger partial charge in [-0.2, -0.15) is 0 Å². The van der Waals surface area contributed by atoms with Gasteiger partial charge in [-0.3, -0.25) is 10.6 Å². The first-order valence-electron chi connectivity index (χ1n) is 4.44. The molecule has 12 heavy (non-hydrogen) atoms. The van der Waals surface area contributed by atoms with Gasteiger partial charge in [-0.15, -0.1) is 0 Å². The molecule has 4 nitrogen and oxygen atoms in total. The number of likely N-dealkylation sites (N-methyl/N-ethyl adjacent to an activating group) is 3. The van der Waals surface area contributed by atoms with E-state index in [2.05, 4.69) is 27.9 Å². The zero-order chi connectivity index (χ0) is 9.61. The highest BCUT2D eigenvalue weighted by atomic mass is 28.2. The molecule has 0 fully saturated rings. The van der Waals surface area contributed by atoms with Gasteiger partial charge in [0.1, 0.15) is 5.79 Å². The Balaban J connectivity index is 4.42. The predicted molar refractivity (Wildman–Crippen MR) is 57.1 cm³/mol. The van der Waals surface area contributed by atoms with Gasteiger partial charge in [0, 0.05) is 0 Å². The molecule has 0 amide bonds. The van der Waals surface area contributed by atoms with Crippen molar-refractivity contribution in [3.05, 3.63) is 0 Å². The van der Waals surface area contributed by atoms with Crippen molar-refractivity contribution >= 4 is 10.4 Å². The van der Waals surface area contributed by atoms with E-state index < -0.39 is 0 Å². The van der Waals surface area contributed by atoms with Crippen LogP contribution in [0.4, 0.5) is 0 Å². The number of hydrogen-bond donors (Lipinski definition) is 4. The van der Waals surface area contributed by atoms with E-state index in [1.165, 1.54) is 0 Å². The zero-order valence-corrected chi connectivity index (χ0v) is 10.8. The van der Waals surface area contributed by atoms with Gasteiger partial charge in [0.05, 0.1) is 16.4 Å². The summed E-state index contributed by atoms with van der Waals surface area (Å²) in [5.41, 5.74) is 0. The Bertz CT molecular complexity index is 104. The van der Waals surface area contributed by atoms with E-state index in [0.29, 0.717) is 6.04 Å². The first kappa shape index (κ1) is 12.1. The summed E-state index contributed by atoms with van der Waals surface area (Å²) in [4.78, 5) is 3.37. The van der Waals surface area contributed by atoms with Crippen molar-refractivity contribution in [2.45, 2.75) is 25.2 Å². The van der Waals surface area contributed by atoms with Gasteiger partial charge < -0.3 is 10.3 Å². The number of rotatable bonds is 6. The molecule has 0 saturated heterocycles. The van der Waals surface area contributed by atoms with Crippen molar-refractivity contribution in [3.8, 4) is 0 Å². The Morgan fingerprint density at radius 1 is 1.25 bits per heavy atom. The van der Waals surface area contributed by atoms with Crippen LogP contribution >= 0.6 is 0 Å². The molecule has 0 aromatic rings. The Labute approximate surface area is 78.4 Å². The molecule has 74 valence electrons. The van der Waals surface area contributed by atoms with Gasteiger partial charge in [0.2, 0.25) is 0 Å². The third-order valence-corrected chi connectivity index (χ3v) is 3.25. The second-order valence-electron chi connectivity index (χ2n) is 2.81. The molecule has 0 aliphatic rings. The molecule has 0 rings (SSSR count). The summed E-state index contributed by atoms with van der Waals surface area (Å²) in [7, 11) is 6.86. The highest BCUT2D eigenvalue weighted by molar-refractivity contribution is 6.04. The highest BCUT2D eigenvalue weighted by Gasteiger charge is 2.31. The van der Waals surface area contributed by atoms with Crippen LogP contribution in [0.5, 0.6) is 0 Å². The summed E-state index contributed by atoms with van der Waals surface area (Å²) in [6.45, 7) is 2.17. The van der Waals surface area contributed by atoms with E-state index in [1.54, 1.807) is 0 Å². The molecule has 4 N–H and O–H groups in total. The minimum Gasteiger partial charge on any atom is -0.316 e. The van der Waals surface area contributed by atoms with Crippen LogP contribution in [0.15, 0.2) is 0 Å². The number of hydrogen-bond acceptors (Lipinski definition) is 4.